The number of benzene rings is 2. The van der Waals surface area contributed by atoms with Crippen LogP contribution in [0.2, 0.25) is 0 Å². The number of aromatic hydroxyl groups is 1. The molecular formula is C31H35N3O8. The van der Waals surface area contributed by atoms with Crippen molar-refractivity contribution in [1.29, 1.82) is 0 Å². The molecule has 4 atom stereocenters. The predicted octanol–water partition coefficient (Wildman–Crippen LogP) is 1.70. The molecule has 1 saturated carbocycles. The second-order valence-corrected chi connectivity index (χ2v) is 11.7. The number of methoxy groups -OCH3 is 1. The van der Waals surface area contributed by atoms with Crippen molar-refractivity contribution < 1.29 is 39.5 Å². The minimum absolute atomic E-state index is 0.0232. The summed E-state index contributed by atoms with van der Waals surface area (Å²) in [5.41, 5.74) is 4.81. The number of ether oxygens (including phenoxy) is 1. The zero-order valence-corrected chi connectivity index (χ0v) is 24.1. The number of likely N-dealkylation sites (N-methyl/N-ethyl adjacent to an activating group) is 1. The summed E-state index contributed by atoms with van der Waals surface area (Å²) in [6.45, 7) is 0.605. The van der Waals surface area contributed by atoms with Crippen LogP contribution in [-0.4, -0.2) is 94.6 Å². The Morgan fingerprint density at radius 3 is 2.38 bits per heavy atom. The lowest BCUT2D eigenvalue weighted by atomic mass is 9.57. The van der Waals surface area contributed by atoms with Gasteiger partial charge in [0.25, 0.3) is 5.91 Å². The van der Waals surface area contributed by atoms with E-state index >= 15 is 0 Å². The normalized spacial score (nSPS) is 25.5. The first-order valence-electron chi connectivity index (χ1n) is 13.6. The number of ketones is 2. The van der Waals surface area contributed by atoms with Gasteiger partial charge in [-0.05, 0) is 81.8 Å². The molecule has 1 fully saturated rings. The molecule has 2 aromatic carbocycles. The first-order chi connectivity index (χ1) is 19.7. The lowest BCUT2D eigenvalue weighted by molar-refractivity contribution is -0.153. The second-order valence-electron chi connectivity index (χ2n) is 11.7. The molecule has 0 saturated heterocycles. The number of hydrogen-bond donors (Lipinski definition) is 5. The number of nitrogens with two attached hydrogens (primary N) is 1. The Bertz CT molecular complexity index is 1590. The molecule has 3 aliphatic rings. The Morgan fingerprint density at radius 2 is 1.79 bits per heavy atom. The number of carbonyl (C=O) groups is 3. The van der Waals surface area contributed by atoms with Gasteiger partial charge < -0.3 is 35.8 Å². The fraction of sp³-hybridized carbons (Fsp3) is 0.387. The molecule has 2 aromatic rings. The molecule has 0 aromatic heterocycles. The number of amides is 1. The highest BCUT2D eigenvalue weighted by Gasteiger charge is 2.64. The number of primary amides is 1. The molecule has 0 heterocycles. The average molecular weight is 578 g/mol. The molecule has 5 rings (SSSR count). The van der Waals surface area contributed by atoms with E-state index in [4.69, 9.17) is 10.5 Å². The summed E-state index contributed by atoms with van der Waals surface area (Å²) in [5.74, 6) is -6.07. The van der Waals surface area contributed by atoms with Gasteiger partial charge >= 0.3 is 0 Å². The molecule has 11 nitrogen and oxygen atoms in total. The Balaban J connectivity index is 1.71. The SMILES string of the molecule is COc1ccc(-c2ccc(O)c3c2C[C@@H]2C[C@@H]4[C@H](N(C)C)C(=O)C(C(N)=O)=C(O)[C@@]4(O)C(=O)C2=C3O)cc1CN(C)C. The molecule has 1 amide bonds. The minimum Gasteiger partial charge on any atom is -0.508 e. The fourth-order valence-corrected chi connectivity index (χ4v) is 6.92. The highest BCUT2D eigenvalue weighted by molar-refractivity contribution is 6.24. The van der Waals surface area contributed by atoms with E-state index in [0.717, 1.165) is 16.7 Å². The van der Waals surface area contributed by atoms with E-state index in [-0.39, 0.29) is 29.7 Å². The van der Waals surface area contributed by atoms with E-state index in [1.807, 2.05) is 37.2 Å². The maximum Gasteiger partial charge on any atom is 0.255 e. The lowest BCUT2D eigenvalue weighted by Gasteiger charge is -2.50. The Kier molecular flexibility index (Phi) is 7.16. The van der Waals surface area contributed by atoms with Crippen molar-refractivity contribution in [2.75, 3.05) is 35.3 Å². The van der Waals surface area contributed by atoms with Crippen molar-refractivity contribution in [3.63, 3.8) is 0 Å². The van der Waals surface area contributed by atoms with E-state index in [1.54, 1.807) is 27.3 Å². The molecule has 3 aliphatic carbocycles. The summed E-state index contributed by atoms with van der Waals surface area (Å²) >= 11 is 0. The van der Waals surface area contributed by atoms with Crippen molar-refractivity contribution in [1.82, 2.24) is 9.80 Å². The van der Waals surface area contributed by atoms with Crippen molar-refractivity contribution >= 4 is 23.2 Å². The van der Waals surface area contributed by atoms with Crippen LogP contribution in [0.5, 0.6) is 11.5 Å². The van der Waals surface area contributed by atoms with Gasteiger partial charge in [-0.25, -0.2) is 0 Å². The van der Waals surface area contributed by atoms with E-state index in [0.29, 0.717) is 17.9 Å². The molecular weight excluding hydrogens is 542 g/mol. The molecule has 11 heteroatoms. The van der Waals surface area contributed by atoms with E-state index < -0.39 is 58.0 Å². The lowest BCUT2D eigenvalue weighted by Crippen LogP contribution is -2.65. The molecule has 0 radical (unpaired) electrons. The van der Waals surface area contributed by atoms with Crippen LogP contribution in [0.4, 0.5) is 0 Å². The third-order valence-corrected chi connectivity index (χ3v) is 8.68. The Hall–Kier alpha value is -4.19. The number of Topliss-reactive ketones (excluding diaryl/α,β-unsaturated/α-hetero) is 2. The summed E-state index contributed by atoms with van der Waals surface area (Å²) in [6, 6.07) is 7.74. The summed E-state index contributed by atoms with van der Waals surface area (Å²) in [7, 11) is 8.61. The zero-order chi connectivity index (χ0) is 30.8. The molecule has 6 N–H and O–H groups in total. The van der Waals surface area contributed by atoms with E-state index in [1.165, 1.54) is 11.0 Å². The standard InChI is InChI=1S/C31H35N3O8/c1-33(2)13-16-10-14(6-9-21(16)42-5)17-7-8-20(35)23-18(17)11-15-12-19-25(34(3)4)27(37)24(30(32)40)29(39)31(19,41)28(38)22(15)26(23)36/h6-10,15,19,25,35-36,39,41H,11-13H2,1-5H3,(H2,32,40)/t15-,19-,25+,31+/m1/s1. The van der Waals surface area contributed by atoms with E-state index in [9.17, 15) is 34.8 Å². The Labute approximate surface area is 243 Å². The molecule has 0 aliphatic heterocycles. The van der Waals surface area contributed by atoms with Gasteiger partial charge in [0.15, 0.2) is 11.4 Å². The predicted molar refractivity (Wildman–Crippen MR) is 154 cm³/mol. The van der Waals surface area contributed by atoms with Crippen molar-refractivity contribution in [2.45, 2.75) is 31.0 Å². The van der Waals surface area contributed by atoms with Crippen molar-refractivity contribution in [2.24, 2.45) is 17.6 Å². The minimum atomic E-state index is -2.67. The first-order valence-corrected chi connectivity index (χ1v) is 13.6. The van der Waals surface area contributed by atoms with Gasteiger partial charge in [0.1, 0.15) is 28.6 Å². The molecule has 0 spiro atoms. The van der Waals surface area contributed by atoms with Gasteiger partial charge in [-0.15, -0.1) is 0 Å². The van der Waals surface area contributed by atoms with Crippen LogP contribution >= 0.6 is 0 Å². The maximum absolute atomic E-state index is 14.0. The number of aliphatic hydroxyl groups excluding tert-OH is 2. The number of aliphatic hydroxyl groups is 3. The van der Waals surface area contributed by atoms with Gasteiger partial charge in [0, 0.05) is 23.6 Å². The van der Waals surface area contributed by atoms with Gasteiger partial charge in [-0.2, -0.15) is 0 Å². The third-order valence-electron chi connectivity index (χ3n) is 8.68. The number of carbonyl (C=O) groups excluding carboxylic acids is 3. The third kappa shape index (κ3) is 4.19. The smallest absolute Gasteiger partial charge is 0.255 e. The van der Waals surface area contributed by atoms with Crippen LogP contribution in [-0.2, 0) is 27.3 Å². The largest absolute Gasteiger partial charge is 0.508 e. The van der Waals surface area contributed by atoms with Crippen LogP contribution in [0.15, 0.2) is 47.2 Å². The average Bonchev–Trinajstić information content (AvgIpc) is 2.90. The monoisotopic (exact) mass is 577 g/mol. The summed E-state index contributed by atoms with van der Waals surface area (Å²) < 4.78 is 5.54. The molecule has 42 heavy (non-hydrogen) atoms. The Morgan fingerprint density at radius 1 is 1.10 bits per heavy atom. The number of rotatable bonds is 6. The molecule has 0 unspecified atom stereocenters. The number of phenolic OH excluding ortho intramolecular Hbond substituents is 1. The molecule has 0 bridgehead atoms. The van der Waals surface area contributed by atoms with Crippen molar-refractivity contribution in [3.05, 3.63) is 63.9 Å². The first kappa shape index (κ1) is 29.3. The number of fused-ring (bicyclic) bond motifs is 3. The fourth-order valence-electron chi connectivity index (χ4n) is 6.92. The van der Waals surface area contributed by atoms with Crippen LogP contribution in [0.3, 0.4) is 0 Å². The summed E-state index contributed by atoms with van der Waals surface area (Å²) in [4.78, 5) is 43.0. The second kappa shape index (κ2) is 10.3. The highest BCUT2D eigenvalue weighted by Crippen LogP contribution is 2.53. The molecule has 222 valence electrons. The topological polar surface area (TPSA) is 174 Å². The van der Waals surface area contributed by atoms with Crippen LogP contribution in [0.1, 0.15) is 23.1 Å². The number of hydrogen-bond acceptors (Lipinski definition) is 10. The number of phenols is 1. The van der Waals surface area contributed by atoms with Crippen LogP contribution in [0.25, 0.3) is 16.9 Å². The summed E-state index contributed by atoms with van der Waals surface area (Å²) in [6.07, 6.45) is 0.225. The highest BCUT2D eigenvalue weighted by atomic mass is 16.5. The van der Waals surface area contributed by atoms with Crippen LogP contribution < -0.4 is 10.5 Å². The van der Waals surface area contributed by atoms with Gasteiger partial charge in [-0.3, -0.25) is 19.3 Å². The van der Waals surface area contributed by atoms with Crippen LogP contribution in [0, 0.1) is 11.8 Å². The van der Waals surface area contributed by atoms with E-state index in [2.05, 4.69) is 0 Å². The van der Waals surface area contributed by atoms with Gasteiger partial charge in [0.05, 0.1) is 18.7 Å². The summed E-state index contributed by atoms with van der Waals surface area (Å²) in [5, 5.41) is 45.2. The van der Waals surface area contributed by atoms with Gasteiger partial charge in [0.2, 0.25) is 5.78 Å². The maximum atomic E-state index is 14.0. The van der Waals surface area contributed by atoms with Gasteiger partial charge in [-0.1, -0.05) is 12.1 Å². The zero-order valence-electron chi connectivity index (χ0n) is 24.1. The van der Waals surface area contributed by atoms with Crippen molar-refractivity contribution in [3.8, 4) is 22.6 Å². The number of nitrogens with zero attached hydrogens (tertiary/aromatic N) is 2. The quantitative estimate of drug-likeness (QED) is 0.318.